The van der Waals surface area contributed by atoms with Crippen LogP contribution in [0, 0.1) is 0 Å². The van der Waals surface area contributed by atoms with Gasteiger partial charge in [-0.3, -0.25) is 4.90 Å². The van der Waals surface area contributed by atoms with Crippen LogP contribution in [0.2, 0.25) is 0 Å². The van der Waals surface area contributed by atoms with E-state index in [2.05, 4.69) is 11.9 Å². The average molecular weight is 274 g/mol. The number of hydrogen-bond donors (Lipinski definition) is 2. The van der Waals surface area contributed by atoms with Gasteiger partial charge >= 0.3 is 12.0 Å². The molecule has 2 N–H and O–H groups in total. The van der Waals surface area contributed by atoms with Gasteiger partial charge in [0, 0.05) is 18.8 Å². The first-order valence-electron chi connectivity index (χ1n) is 6.66. The van der Waals surface area contributed by atoms with Crippen molar-refractivity contribution in [2.45, 2.75) is 19.3 Å². The molecular weight excluding hydrogens is 256 g/mol. The van der Waals surface area contributed by atoms with E-state index in [0.29, 0.717) is 31.6 Å². The van der Waals surface area contributed by atoms with Gasteiger partial charge in [0.15, 0.2) is 0 Å². The molecule has 0 unspecified atom stereocenters. The monoisotopic (exact) mass is 274 g/mol. The van der Waals surface area contributed by atoms with E-state index in [1.165, 1.54) is 0 Å². The fraction of sp³-hybridized carbons (Fsp3) is 0.333. The van der Waals surface area contributed by atoms with Gasteiger partial charge in [0.05, 0.1) is 5.56 Å². The molecule has 0 saturated heterocycles. The summed E-state index contributed by atoms with van der Waals surface area (Å²) in [7, 11) is 0. The van der Waals surface area contributed by atoms with Crippen molar-refractivity contribution in [1.29, 1.82) is 0 Å². The van der Waals surface area contributed by atoms with Gasteiger partial charge in [-0.1, -0.05) is 12.1 Å². The van der Waals surface area contributed by atoms with E-state index in [4.69, 9.17) is 0 Å². The van der Waals surface area contributed by atoms with E-state index < -0.39 is 5.97 Å². The molecule has 1 aromatic rings. The number of urea groups is 1. The van der Waals surface area contributed by atoms with E-state index in [-0.39, 0.29) is 11.6 Å². The highest BCUT2D eigenvalue weighted by Crippen LogP contribution is 2.29. The maximum Gasteiger partial charge on any atom is 0.336 e. The third-order valence-electron chi connectivity index (χ3n) is 3.35. The maximum absolute atomic E-state index is 12.1. The quantitative estimate of drug-likeness (QED) is 0.654. The summed E-state index contributed by atoms with van der Waals surface area (Å²) >= 11 is 0. The Labute approximate surface area is 117 Å². The number of carbonyl (C=O) groups is 2. The zero-order valence-electron chi connectivity index (χ0n) is 11.3. The maximum atomic E-state index is 12.1. The van der Waals surface area contributed by atoms with Crippen LogP contribution in [0.25, 0.3) is 0 Å². The van der Waals surface area contributed by atoms with Crippen LogP contribution in [0.15, 0.2) is 30.9 Å². The fourth-order valence-corrected chi connectivity index (χ4v) is 2.41. The Morgan fingerprint density at radius 2 is 2.25 bits per heavy atom. The minimum atomic E-state index is -0.948. The van der Waals surface area contributed by atoms with Crippen LogP contribution in [-0.2, 0) is 6.42 Å². The summed E-state index contributed by atoms with van der Waals surface area (Å²) in [5.41, 5.74) is 1.73. The molecule has 1 aromatic carbocycles. The third kappa shape index (κ3) is 2.82. The highest BCUT2D eigenvalue weighted by Gasteiger charge is 2.25. The predicted octanol–water partition coefficient (Wildman–Crippen LogP) is 2.42. The molecule has 106 valence electrons. The SMILES string of the molecule is C=CCCNC(=O)N1CCCc2c(C(=O)O)cccc21. The number of nitrogens with zero attached hydrogens (tertiary/aromatic N) is 1. The lowest BCUT2D eigenvalue weighted by atomic mass is 9.96. The molecule has 5 heteroatoms. The molecular formula is C15H18N2O3. The summed E-state index contributed by atoms with van der Waals surface area (Å²) in [5.74, 6) is -0.948. The molecule has 0 saturated carbocycles. The number of hydrogen-bond acceptors (Lipinski definition) is 2. The highest BCUT2D eigenvalue weighted by molar-refractivity contribution is 5.97. The standard InChI is InChI=1S/C15H18N2O3/c1-2-3-9-16-15(20)17-10-5-7-11-12(14(18)19)6-4-8-13(11)17/h2,4,6,8H,1,3,5,7,9-10H2,(H,16,20)(H,18,19). The van der Waals surface area contributed by atoms with Crippen LogP contribution in [0.3, 0.4) is 0 Å². The van der Waals surface area contributed by atoms with Crippen LogP contribution >= 0.6 is 0 Å². The Morgan fingerprint density at radius 3 is 2.95 bits per heavy atom. The number of carboxylic acid groups (broad SMARTS) is 1. The number of rotatable bonds is 4. The Balaban J connectivity index is 2.24. The lowest BCUT2D eigenvalue weighted by Gasteiger charge is -2.30. The van der Waals surface area contributed by atoms with Crippen molar-refractivity contribution in [2.24, 2.45) is 0 Å². The number of carbonyl (C=O) groups excluding carboxylic acids is 1. The second-order valence-electron chi connectivity index (χ2n) is 4.67. The number of nitrogens with one attached hydrogen (secondary N) is 1. The van der Waals surface area contributed by atoms with Crippen LogP contribution in [0.4, 0.5) is 10.5 Å². The molecule has 0 atom stereocenters. The van der Waals surface area contributed by atoms with Crippen molar-refractivity contribution >= 4 is 17.7 Å². The Morgan fingerprint density at radius 1 is 1.45 bits per heavy atom. The molecule has 0 aromatic heterocycles. The largest absolute Gasteiger partial charge is 0.478 e. The van der Waals surface area contributed by atoms with Gasteiger partial charge in [-0.25, -0.2) is 9.59 Å². The molecule has 2 amide bonds. The molecule has 20 heavy (non-hydrogen) atoms. The number of anilines is 1. The molecule has 5 nitrogen and oxygen atoms in total. The van der Waals surface area contributed by atoms with Crippen molar-refractivity contribution < 1.29 is 14.7 Å². The van der Waals surface area contributed by atoms with Crippen LogP contribution < -0.4 is 10.2 Å². The number of aromatic carboxylic acids is 1. The molecule has 0 radical (unpaired) electrons. The summed E-state index contributed by atoms with van der Waals surface area (Å²) in [6.45, 7) is 4.75. The molecule has 1 aliphatic rings. The molecule has 0 fully saturated rings. The summed E-state index contributed by atoms with van der Waals surface area (Å²) < 4.78 is 0. The van der Waals surface area contributed by atoms with Crippen molar-refractivity contribution in [1.82, 2.24) is 5.32 Å². The van der Waals surface area contributed by atoms with Crippen molar-refractivity contribution in [3.05, 3.63) is 42.0 Å². The lowest BCUT2D eigenvalue weighted by Crippen LogP contribution is -2.43. The van der Waals surface area contributed by atoms with E-state index in [1.54, 1.807) is 29.2 Å². The summed E-state index contributed by atoms with van der Waals surface area (Å²) in [6.07, 6.45) is 3.91. The first-order valence-corrected chi connectivity index (χ1v) is 6.66. The van der Waals surface area contributed by atoms with Gasteiger partial charge in [0.2, 0.25) is 0 Å². The summed E-state index contributed by atoms with van der Waals surface area (Å²) in [4.78, 5) is 25.0. The third-order valence-corrected chi connectivity index (χ3v) is 3.35. The number of amides is 2. The van der Waals surface area contributed by atoms with Crippen LogP contribution in [-0.4, -0.2) is 30.2 Å². The van der Waals surface area contributed by atoms with Gasteiger partial charge in [-0.2, -0.15) is 0 Å². The van der Waals surface area contributed by atoms with Crippen LogP contribution in [0.1, 0.15) is 28.8 Å². The molecule has 0 bridgehead atoms. The Kier molecular flexibility index (Phi) is 4.40. The number of fused-ring (bicyclic) bond motifs is 1. The van der Waals surface area contributed by atoms with Gasteiger partial charge in [0.1, 0.15) is 0 Å². The highest BCUT2D eigenvalue weighted by atomic mass is 16.4. The minimum absolute atomic E-state index is 0.185. The average Bonchev–Trinajstić information content (AvgIpc) is 2.46. The lowest BCUT2D eigenvalue weighted by molar-refractivity contribution is 0.0695. The predicted molar refractivity (Wildman–Crippen MR) is 77.3 cm³/mol. The van der Waals surface area contributed by atoms with E-state index in [9.17, 15) is 14.7 Å². The molecule has 1 aliphatic heterocycles. The van der Waals surface area contributed by atoms with Crippen molar-refractivity contribution in [2.75, 3.05) is 18.0 Å². The molecule has 0 aliphatic carbocycles. The second-order valence-corrected chi connectivity index (χ2v) is 4.67. The topological polar surface area (TPSA) is 69.6 Å². The number of carboxylic acids is 1. The van der Waals surface area contributed by atoms with Crippen molar-refractivity contribution in [3.8, 4) is 0 Å². The van der Waals surface area contributed by atoms with Gasteiger partial charge in [0.25, 0.3) is 0 Å². The zero-order chi connectivity index (χ0) is 14.5. The van der Waals surface area contributed by atoms with Crippen LogP contribution in [0.5, 0.6) is 0 Å². The first kappa shape index (κ1) is 14.1. The smallest absolute Gasteiger partial charge is 0.336 e. The molecule has 2 rings (SSSR count). The minimum Gasteiger partial charge on any atom is -0.478 e. The summed E-state index contributed by atoms with van der Waals surface area (Å²) in [5, 5.41) is 12.0. The zero-order valence-corrected chi connectivity index (χ0v) is 11.3. The van der Waals surface area contributed by atoms with Crippen molar-refractivity contribution in [3.63, 3.8) is 0 Å². The van der Waals surface area contributed by atoms with E-state index >= 15 is 0 Å². The van der Waals surface area contributed by atoms with E-state index in [0.717, 1.165) is 12.0 Å². The number of benzene rings is 1. The first-order chi connectivity index (χ1) is 9.65. The van der Waals surface area contributed by atoms with Gasteiger partial charge < -0.3 is 10.4 Å². The fourth-order valence-electron chi connectivity index (χ4n) is 2.41. The normalized spacial score (nSPS) is 13.5. The Bertz CT molecular complexity index is 540. The van der Waals surface area contributed by atoms with E-state index in [1.807, 2.05) is 0 Å². The van der Waals surface area contributed by atoms with Gasteiger partial charge in [-0.15, -0.1) is 6.58 Å². The Hall–Kier alpha value is -2.30. The molecule has 0 spiro atoms. The molecule has 1 heterocycles. The van der Waals surface area contributed by atoms with Gasteiger partial charge in [-0.05, 0) is 37.0 Å². The summed E-state index contributed by atoms with van der Waals surface area (Å²) in [6, 6.07) is 4.88. The second kappa shape index (κ2) is 6.23.